The maximum Gasteiger partial charge on any atom is 0.257 e. The Morgan fingerprint density at radius 3 is 2.78 bits per heavy atom. The van der Waals surface area contributed by atoms with Gasteiger partial charge in [-0.25, -0.2) is 4.98 Å². The highest BCUT2D eigenvalue weighted by Crippen LogP contribution is 2.38. The van der Waals surface area contributed by atoms with Crippen LogP contribution in [0.5, 0.6) is 0 Å². The number of hydrogen-bond acceptors (Lipinski definition) is 5. The highest BCUT2D eigenvalue weighted by atomic mass is 32.1. The van der Waals surface area contributed by atoms with Crippen LogP contribution in [-0.4, -0.2) is 16.8 Å². The van der Waals surface area contributed by atoms with Gasteiger partial charge in [0.15, 0.2) is 5.13 Å². The number of hydrogen-bond donors (Lipinski definition) is 2. The van der Waals surface area contributed by atoms with Gasteiger partial charge in [0.2, 0.25) is 5.91 Å². The van der Waals surface area contributed by atoms with Gasteiger partial charge >= 0.3 is 0 Å². The molecule has 2 N–H and O–H groups in total. The Morgan fingerprint density at radius 1 is 1.22 bits per heavy atom. The summed E-state index contributed by atoms with van der Waals surface area (Å²) in [4.78, 5) is 31.7. The number of fused-ring (bicyclic) bond motifs is 1. The molecule has 7 heteroatoms. The third kappa shape index (κ3) is 3.94. The molecule has 2 amide bonds. The van der Waals surface area contributed by atoms with Gasteiger partial charge in [-0.15, -0.1) is 22.7 Å². The van der Waals surface area contributed by atoms with E-state index in [9.17, 15) is 9.59 Å². The van der Waals surface area contributed by atoms with Crippen molar-refractivity contribution in [2.45, 2.75) is 32.2 Å². The first-order chi connectivity index (χ1) is 13.1. The molecule has 0 aliphatic heterocycles. The Bertz CT molecular complexity index is 962. The number of carbonyl (C=O) groups excluding carboxylic acids is 2. The van der Waals surface area contributed by atoms with E-state index in [1.165, 1.54) is 11.3 Å². The van der Waals surface area contributed by atoms with E-state index >= 15 is 0 Å². The predicted octanol–water partition coefficient (Wildman–Crippen LogP) is 4.11. The maximum atomic E-state index is 12.6. The van der Waals surface area contributed by atoms with Crippen LogP contribution in [-0.2, 0) is 17.8 Å². The number of nitrogens with one attached hydrogen (secondary N) is 2. The van der Waals surface area contributed by atoms with E-state index in [4.69, 9.17) is 0 Å². The Morgan fingerprint density at radius 2 is 2.04 bits per heavy atom. The molecule has 1 aliphatic rings. The standard InChI is InChI=1S/C20H19N3O2S2/c1-12-4-6-13(7-5-12)18(24)23-20-22-17-15(8-9-16(17)27-20)19(25)21-11-14-3-2-10-26-14/h2-7,10,15H,8-9,11H2,1H3,(H,21,25)(H,22,23,24)/t15-/m1/s1. The summed E-state index contributed by atoms with van der Waals surface area (Å²) in [5.74, 6) is -0.411. The Hall–Kier alpha value is -2.51. The van der Waals surface area contributed by atoms with Gasteiger partial charge in [0.05, 0.1) is 18.2 Å². The fourth-order valence-corrected chi connectivity index (χ4v) is 4.80. The molecule has 27 heavy (non-hydrogen) atoms. The van der Waals surface area contributed by atoms with Crippen molar-refractivity contribution >= 4 is 39.6 Å². The normalized spacial score (nSPS) is 15.4. The van der Waals surface area contributed by atoms with E-state index in [0.29, 0.717) is 17.2 Å². The molecule has 1 aliphatic carbocycles. The molecular formula is C20H19N3O2S2. The van der Waals surface area contributed by atoms with E-state index < -0.39 is 0 Å². The molecule has 4 rings (SSSR count). The largest absolute Gasteiger partial charge is 0.351 e. The second-order valence-electron chi connectivity index (χ2n) is 6.54. The first-order valence-electron chi connectivity index (χ1n) is 8.78. The zero-order valence-electron chi connectivity index (χ0n) is 14.8. The minimum absolute atomic E-state index is 0.00358. The number of carbonyl (C=O) groups is 2. The molecule has 1 atom stereocenters. The molecule has 0 fully saturated rings. The molecule has 2 aromatic heterocycles. The number of benzene rings is 1. The number of nitrogens with zero attached hydrogens (tertiary/aromatic N) is 1. The first kappa shape index (κ1) is 17.9. The van der Waals surface area contributed by atoms with E-state index in [-0.39, 0.29) is 17.7 Å². The van der Waals surface area contributed by atoms with Crippen LogP contribution in [0.4, 0.5) is 5.13 Å². The Balaban J connectivity index is 1.42. The lowest BCUT2D eigenvalue weighted by Gasteiger charge is -2.10. The van der Waals surface area contributed by atoms with Gasteiger partial charge in [-0.2, -0.15) is 0 Å². The molecule has 1 aromatic carbocycles. The van der Waals surface area contributed by atoms with Crippen molar-refractivity contribution in [1.29, 1.82) is 0 Å². The fraction of sp³-hybridized carbons (Fsp3) is 0.250. The summed E-state index contributed by atoms with van der Waals surface area (Å²) in [5, 5.41) is 8.41. The van der Waals surface area contributed by atoms with E-state index in [1.807, 2.05) is 36.6 Å². The van der Waals surface area contributed by atoms with Gasteiger partial charge in [-0.1, -0.05) is 23.8 Å². The molecule has 0 saturated heterocycles. The minimum atomic E-state index is -0.235. The van der Waals surface area contributed by atoms with Gasteiger partial charge in [0.25, 0.3) is 5.91 Å². The maximum absolute atomic E-state index is 12.6. The van der Waals surface area contributed by atoms with Crippen LogP contribution in [0.15, 0.2) is 41.8 Å². The van der Waals surface area contributed by atoms with Crippen molar-refractivity contribution in [3.8, 4) is 0 Å². The van der Waals surface area contributed by atoms with Crippen LogP contribution in [0.1, 0.15) is 43.7 Å². The average Bonchev–Trinajstić information content (AvgIpc) is 3.37. The van der Waals surface area contributed by atoms with Crippen LogP contribution < -0.4 is 10.6 Å². The van der Waals surface area contributed by atoms with E-state index in [1.54, 1.807) is 23.5 Å². The molecule has 0 radical (unpaired) electrons. The zero-order chi connectivity index (χ0) is 18.8. The minimum Gasteiger partial charge on any atom is -0.351 e. The van der Waals surface area contributed by atoms with Gasteiger partial charge in [-0.05, 0) is 43.3 Å². The number of thiazole rings is 1. The highest BCUT2D eigenvalue weighted by Gasteiger charge is 2.32. The number of rotatable bonds is 5. The Kier molecular flexibility index (Phi) is 5.05. The lowest BCUT2D eigenvalue weighted by Crippen LogP contribution is -2.27. The van der Waals surface area contributed by atoms with Crippen molar-refractivity contribution in [3.63, 3.8) is 0 Å². The predicted molar refractivity (Wildman–Crippen MR) is 108 cm³/mol. The number of aromatic nitrogens is 1. The number of anilines is 1. The molecular weight excluding hydrogens is 378 g/mol. The van der Waals surface area contributed by atoms with Crippen LogP contribution in [0.2, 0.25) is 0 Å². The molecule has 0 bridgehead atoms. The molecule has 0 unspecified atom stereocenters. The summed E-state index contributed by atoms with van der Waals surface area (Å²) in [6, 6.07) is 11.4. The van der Waals surface area contributed by atoms with Crippen molar-refractivity contribution < 1.29 is 9.59 Å². The smallest absolute Gasteiger partial charge is 0.257 e. The topological polar surface area (TPSA) is 71.1 Å². The molecule has 0 saturated carbocycles. The molecule has 3 aromatic rings. The van der Waals surface area contributed by atoms with E-state index in [0.717, 1.165) is 33.9 Å². The lowest BCUT2D eigenvalue weighted by molar-refractivity contribution is -0.122. The zero-order valence-corrected chi connectivity index (χ0v) is 16.5. The number of thiophene rings is 1. The summed E-state index contributed by atoms with van der Waals surface area (Å²) in [6.07, 6.45) is 1.60. The lowest BCUT2D eigenvalue weighted by atomic mass is 10.1. The van der Waals surface area contributed by atoms with Crippen LogP contribution >= 0.6 is 22.7 Å². The Labute approximate surface area is 165 Å². The second-order valence-corrected chi connectivity index (χ2v) is 8.65. The molecule has 5 nitrogen and oxygen atoms in total. The monoisotopic (exact) mass is 397 g/mol. The third-order valence-corrected chi connectivity index (χ3v) is 6.51. The first-order valence-corrected chi connectivity index (χ1v) is 10.5. The third-order valence-electron chi connectivity index (χ3n) is 4.59. The summed E-state index contributed by atoms with van der Waals surface area (Å²) in [6.45, 7) is 2.53. The molecule has 2 heterocycles. The van der Waals surface area contributed by atoms with Gasteiger partial charge < -0.3 is 5.32 Å². The quantitative estimate of drug-likeness (QED) is 0.681. The van der Waals surface area contributed by atoms with Crippen molar-refractivity contribution in [2.75, 3.05) is 5.32 Å². The van der Waals surface area contributed by atoms with Crippen molar-refractivity contribution in [3.05, 3.63) is 68.4 Å². The second kappa shape index (κ2) is 7.62. The summed E-state index contributed by atoms with van der Waals surface area (Å²) in [5.41, 5.74) is 2.51. The average molecular weight is 398 g/mol. The van der Waals surface area contributed by atoms with Crippen molar-refractivity contribution in [2.24, 2.45) is 0 Å². The summed E-state index contributed by atoms with van der Waals surface area (Å²) in [7, 11) is 0. The van der Waals surface area contributed by atoms with Gasteiger partial charge in [-0.3, -0.25) is 14.9 Å². The SMILES string of the molecule is Cc1ccc(C(=O)Nc2nc3c(s2)CC[C@H]3C(=O)NCc2cccs2)cc1. The van der Waals surface area contributed by atoms with Crippen LogP contribution in [0.3, 0.4) is 0 Å². The van der Waals surface area contributed by atoms with Crippen LogP contribution in [0.25, 0.3) is 0 Å². The summed E-state index contributed by atoms with van der Waals surface area (Å²) < 4.78 is 0. The van der Waals surface area contributed by atoms with Gasteiger partial charge in [0.1, 0.15) is 0 Å². The number of aryl methyl sites for hydroxylation is 2. The highest BCUT2D eigenvalue weighted by molar-refractivity contribution is 7.16. The molecule has 138 valence electrons. The van der Waals surface area contributed by atoms with E-state index in [2.05, 4.69) is 15.6 Å². The van der Waals surface area contributed by atoms with Crippen LogP contribution in [0, 0.1) is 6.92 Å². The number of amides is 2. The fourth-order valence-electron chi connectivity index (χ4n) is 3.12. The van der Waals surface area contributed by atoms with Crippen molar-refractivity contribution in [1.82, 2.24) is 10.3 Å². The van der Waals surface area contributed by atoms with Gasteiger partial charge in [0, 0.05) is 15.3 Å². The summed E-state index contributed by atoms with van der Waals surface area (Å²) >= 11 is 3.09. The molecule has 0 spiro atoms.